The van der Waals surface area contributed by atoms with Gasteiger partial charge in [-0.3, -0.25) is 4.90 Å². The Balaban J connectivity index is 1.92. The summed E-state index contributed by atoms with van der Waals surface area (Å²) in [6.45, 7) is 3.07. The number of piperazine rings is 1. The average Bonchev–Trinajstić information content (AvgIpc) is 2.56. The lowest BCUT2D eigenvalue weighted by molar-refractivity contribution is 0.145. The summed E-state index contributed by atoms with van der Waals surface area (Å²) >= 11 is 0. The van der Waals surface area contributed by atoms with Crippen LogP contribution in [0.2, 0.25) is 0 Å². The van der Waals surface area contributed by atoms with E-state index < -0.39 is 10.0 Å². The van der Waals surface area contributed by atoms with Gasteiger partial charge in [0.15, 0.2) is 0 Å². The van der Waals surface area contributed by atoms with Crippen LogP contribution in [0.15, 0.2) is 53.4 Å². The van der Waals surface area contributed by atoms with Gasteiger partial charge in [0.25, 0.3) is 0 Å². The molecule has 1 fully saturated rings. The molecule has 0 aliphatic carbocycles. The van der Waals surface area contributed by atoms with Crippen molar-refractivity contribution in [3.63, 3.8) is 0 Å². The number of hydrogen-bond donors (Lipinski definition) is 0. The van der Waals surface area contributed by atoms with E-state index in [1.54, 1.807) is 36.4 Å². The third-order valence-corrected chi connectivity index (χ3v) is 6.36. The molecule has 3 rings (SSSR count). The topological polar surface area (TPSA) is 40.6 Å². The molecule has 1 atom stereocenters. The predicted molar refractivity (Wildman–Crippen MR) is 91.7 cm³/mol. The van der Waals surface area contributed by atoms with Gasteiger partial charge in [-0.05, 0) is 37.7 Å². The highest BCUT2D eigenvalue weighted by Crippen LogP contribution is 2.29. The Bertz CT molecular complexity index is 838. The van der Waals surface area contributed by atoms with Crippen LogP contribution in [-0.4, -0.2) is 44.3 Å². The number of hydrogen-bond acceptors (Lipinski definition) is 3. The Morgan fingerprint density at radius 3 is 2.54 bits per heavy atom. The summed E-state index contributed by atoms with van der Waals surface area (Å²) in [5.74, 6) is -0.302. The Morgan fingerprint density at radius 1 is 1.08 bits per heavy atom. The van der Waals surface area contributed by atoms with Crippen LogP contribution in [0, 0.1) is 12.7 Å². The molecule has 0 saturated carbocycles. The number of halogens is 1. The summed E-state index contributed by atoms with van der Waals surface area (Å²) in [4.78, 5) is 2.29. The molecule has 1 saturated heterocycles. The van der Waals surface area contributed by atoms with Crippen LogP contribution >= 0.6 is 0 Å². The van der Waals surface area contributed by atoms with Gasteiger partial charge in [0.2, 0.25) is 10.0 Å². The molecule has 0 N–H and O–H groups in total. The van der Waals surface area contributed by atoms with Crippen LogP contribution < -0.4 is 0 Å². The van der Waals surface area contributed by atoms with Gasteiger partial charge in [-0.15, -0.1) is 0 Å². The van der Waals surface area contributed by atoms with Crippen molar-refractivity contribution in [1.82, 2.24) is 9.21 Å². The van der Waals surface area contributed by atoms with Gasteiger partial charge in [0.1, 0.15) is 5.82 Å². The van der Waals surface area contributed by atoms with Crippen LogP contribution in [0.25, 0.3) is 0 Å². The first-order valence-electron chi connectivity index (χ1n) is 7.91. The van der Waals surface area contributed by atoms with Gasteiger partial charge >= 0.3 is 0 Å². The maximum Gasteiger partial charge on any atom is 0.243 e. The van der Waals surface area contributed by atoms with Crippen LogP contribution in [0.1, 0.15) is 17.2 Å². The highest BCUT2D eigenvalue weighted by molar-refractivity contribution is 7.89. The van der Waals surface area contributed by atoms with Crippen LogP contribution in [0.4, 0.5) is 4.39 Å². The van der Waals surface area contributed by atoms with Gasteiger partial charge in [-0.25, -0.2) is 12.8 Å². The van der Waals surface area contributed by atoms with Crippen molar-refractivity contribution in [3.05, 3.63) is 65.5 Å². The molecule has 1 aliphatic rings. The molecule has 0 radical (unpaired) electrons. The van der Waals surface area contributed by atoms with Gasteiger partial charge in [0, 0.05) is 25.2 Å². The highest BCUT2D eigenvalue weighted by atomic mass is 32.2. The third-order valence-electron chi connectivity index (χ3n) is 4.50. The van der Waals surface area contributed by atoms with Crippen molar-refractivity contribution in [3.8, 4) is 0 Å². The Kier molecular flexibility index (Phi) is 4.71. The van der Waals surface area contributed by atoms with Gasteiger partial charge in [0.05, 0.1) is 10.9 Å². The number of benzene rings is 2. The van der Waals surface area contributed by atoms with E-state index in [0.717, 1.165) is 5.56 Å². The summed E-state index contributed by atoms with van der Waals surface area (Å²) in [5.41, 5.74) is 1.43. The van der Waals surface area contributed by atoms with Crippen molar-refractivity contribution in [2.75, 3.05) is 26.7 Å². The molecule has 1 heterocycles. The number of rotatable bonds is 3. The minimum Gasteiger partial charge on any atom is -0.297 e. The van der Waals surface area contributed by atoms with Crippen molar-refractivity contribution in [2.45, 2.75) is 17.9 Å². The third kappa shape index (κ3) is 3.22. The summed E-state index contributed by atoms with van der Waals surface area (Å²) < 4.78 is 41.5. The number of nitrogens with zero attached hydrogens (tertiary/aromatic N) is 2. The minimum atomic E-state index is -3.58. The van der Waals surface area contributed by atoms with Crippen LogP contribution in [-0.2, 0) is 10.0 Å². The molecule has 24 heavy (non-hydrogen) atoms. The number of sulfonamides is 1. The average molecular weight is 348 g/mol. The molecular formula is C18H21FN2O2S. The van der Waals surface area contributed by atoms with Gasteiger partial charge < -0.3 is 0 Å². The van der Waals surface area contributed by atoms with Crippen LogP contribution in [0.5, 0.6) is 0 Å². The monoisotopic (exact) mass is 348 g/mol. The lowest BCUT2D eigenvalue weighted by Gasteiger charge is -2.39. The van der Waals surface area contributed by atoms with E-state index in [0.29, 0.717) is 23.5 Å². The normalized spacial score (nSPS) is 20.2. The smallest absolute Gasteiger partial charge is 0.243 e. The number of aryl methyl sites for hydroxylation is 1. The minimum absolute atomic E-state index is 0.244. The van der Waals surface area contributed by atoms with Crippen molar-refractivity contribution >= 4 is 10.0 Å². The fourth-order valence-electron chi connectivity index (χ4n) is 3.07. The van der Waals surface area contributed by atoms with Crippen molar-refractivity contribution in [2.24, 2.45) is 0 Å². The van der Waals surface area contributed by atoms with Crippen molar-refractivity contribution < 1.29 is 12.8 Å². The molecule has 128 valence electrons. The fourth-order valence-corrected chi connectivity index (χ4v) is 4.62. The van der Waals surface area contributed by atoms with Crippen molar-refractivity contribution in [1.29, 1.82) is 0 Å². The molecule has 0 spiro atoms. The summed E-state index contributed by atoms with van der Waals surface area (Å²) in [7, 11) is -1.68. The Morgan fingerprint density at radius 2 is 1.83 bits per heavy atom. The quantitative estimate of drug-likeness (QED) is 0.856. The van der Waals surface area contributed by atoms with Crippen LogP contribution in [0.3, 0.4) is 0 Å². The van der Waals surface area contributed by atoms with Gasteiger partial charge in [-0.1, -0.05) is 30.3 Å². The van der Waals surface area contributed by atoms with E-state index in [1.807, 2.05) is 24.9 Å². The maximum atomic E-state index is 14.2. The molecule has 0 bridgehead atoms. The molecule has 1 aliphatic heterocycles. The summed E-state index contributed by atoms with van der Waals surface area (Å²) in [5, 5.41) is 0. The molecule has 6 heteroatoms. The zero-order valence-electron chi connectivity index (χ0n) is 13.8. The Hall–Kier alpha value is -1.76. The Labute approximate surface area is 142 Å². The molecule has 0 amide bonds. The lowest BCUT2D eigenvalue weighted by atomic mass is 10.0. The predicted octanol–water partition coefficient (Wildman–Crippen LogP) is 2.81. The zero-order chi connectivity index (χ0) is 17.3. The molecular weight excluding hydrogens is 327 g/mol. The molecule has 2 aromatic carbocycles. The second-order valence-electron chi connectivity index (χ2n) is 6.20. The van der Waals surface area contributed by atoms with E-state index >= 15 is 0 Å². The number of likely N-dealkylation sites (N-methyl/N-ethyl adjacent to an activating group) is 1. The van der Waals surface area contributed by atoms with E-state index in [1.165, 1.54) is 10.4 Å². The largest absolute Gasteiger partial charge is 0.297 e. The molecule has 0 aromatic heterocycles. The standard InChI is InChI=1S/C18H21FN2O2S/c1-14-6-5-7-15(12-14)24(22,23)21-11-10-20(2)18(13-21)16-8-3-4-9-17(16)19/h3-9,12,18H,10-11,13H2,1-2H3. The highest BCUT2D eigenvalue weighted by Gasteiger charge is 2.34. The zero-order valence-corrected chi connectivity index (χ0v) is 14.6. The van der Waals surface area contributed by atoms with E-state index in [4.69, 9.17) is 0 Å². The fraction of sp³-hybridized carbons (Fsp3) is 0.333. The second-order valence-corrected chi connectivity index (χ2v) is 8.14. The summed E-state index contributed by atoms with van der Waals surface area (Å²) in [6, 6.07) is 13.2. The molecule has 1 unspecified atom stereocenters. The van der Waals surface area contributed by atoms with E-state index in [9.17, 15) is 12.8 Å². The maximum absolute atomic E-state index is 14.2. The lowest BCUT2D eigenvalue weighted by Crippen LogP contribution is -2.49. The van der Waals surface area contributed by atoms with Gasteiger partial charge in [-0.2, -0.15) is 4.31 Å². The molecule has 4 nitrogen and oxygen atoms in total. The summed E-state index contributed by atoms with van der Waals surface area (Å²) in [6.07, 6.45) is 0. The molecule has 2 aromatic rings. The first-order chi connectivity index (χ1) is 11.4. The first kappa shape index (κ1) is 17.1. The van der Waals surface area contributed by atoms with E-state index in [-0.39, 0.29) is 18.4 Å². The second kappa shape index (κ2) is 6.63. The SMILES string of the molecule is Cc1cccc(S(=O)(=O)N2CCN(C)C(c3ccccc3F)C2)c1. The van der Waals surface area contributed by atoms with E-state index in [2.05, 4.69) is 0 Å². The first-order valence-corrected chi connectivity index (χ1v) is 9.35.